The van der Waals surface area contributed by atoms with Crippen LogP contribution in [0.3, 0.4) is 0 Å². The van der Waals surface area contributed by atoms with Crippen molar-refractivity contribution in [2.75, 3.05) is 5.75 Å². The van der Waals surface area contributed by atoms with Gasteiger partial charge in [0.05, 0.1) is 6.10 Å². The van der Waals surface area contributed by atoms with E-state index in [1.807, 2.05) is 6.92 Å². The summed E-state index contributed by atoms with van der Waals surface area (Å²) in [5.41, 5.74) is 1.79. The van der Waals surface area contributed by atoms with E-state index in [9.17, 15) is 15.0 Å². The van der Waals surface area contributed by atoms with Crippen molar-refractivity contribution in [3.63, 3.8) is 0 Å². The van der Waals surface area contributed by atoms with E-state index in [0.717, 1.165) is 5.56 Å². The quantitative estimate of drug-likeness (QED) is 0.533. The monoisotopic (exact) mass is 226 g/mol. The molecule has 0 aromatic heterocycles. The van der Waals surface area contributed by atoms with Crippen molar-refractivity contribution < 1.29 is 15.0 Å². The summed E-state index contributed by atoms with van der Waals surface area (Å²) >= 11 is 3.89. The fourth-order valence-corrected chi connectivity index (χ4v) is 1.57. The Balaban J connectivity index is 3.07. The van der Waals surface area contributed by atoms with Gasteiger partial charge in [0.25, 0.3) is 0 Å². The number of thiol groups is 1. The number of aliphatic hydroxyl groups is 2. The van der Waals surface area contributed by atoms with Gasteiger partial charge in [0.15, 0.2) is 0 Å². The molecule has 3 nitrogen and oxygen atoms in total. The van der Waals surface area contributed by atoms with Gasteiger partial charge in [-0.3, -0.25) is 4.79 Å². The second kappa shape index (κ2) is 5.30. The van der Waals surface area contributed by atoms with Crippen molar-refractivity contribution in [2.24, 2.45) is 0 Å². The smallest absolute Gasteiger partial charge is 0.150 e. The molecule has 0 spiro atoms. The van der Waals surface area contributed by atoms with Gasteiger partial charge in [-0.05, 0) is 18.6 Å². The van der Waals surface area contributed by atoms with Gasteiger partial charge >= 0.3 is 0 Å². The summed E-state index contributed by atoms with van der Waals surface area (Å²) in [6.07, 6.45) is -1.35. The molecule has 1 aromatic carbocycles. The number of hydrogen-bond donors (Lipinski definition) is 3. The largest absolute Gasteiger partial charge is 0.389 e. The molecule has 0 bridgehead atoms. The first-order valence-electron chi connectivity index (χ1n) is 4.63. The SMILES string of the molecule is Cc1ccc(C(O)C(O)CS)c(C=O)c1. The van der Waals surface area contributed by atoms with Crippen LogP contribution in [0.5, 0.6) is 0 Å². The topological polar surface area (TPSA) is 57.5 Å². The fourth-order valence-electron chi connectivity index (χ4n) is 1.37. The molecule has 15 heavy (non-hydrogen) atoms. The Morgan fingerprint density at radius 1 is 1.47 bits per heavy atom. The Hall–Kier alpha value is -0.840. The third kappa shape index (κ3) is 2.81. The predicted molar refractivity (Wildman–Crippen MR) is 61.4 cm³/mol. The number of aryl methyl sites for hydroxylation is 1. The van der Waals surface area contributed by atoms with E-state index in [0.29, 0.717) is 17.4 Å². The second-order valence-corrected chi connectivity index (χ2v) is 3.81. The van der Waals surface area contributed by atoms with Crippen molar-refractivity contribution in [1.29, 1.82) is 0 Å². The van der Waals surface area contributed by atoms with Crippen molar-refractivity contribution >= 4 is 18.9 Å². The van der Waals surface area contributed by atoms with E-state index in [1.54, 1.807) is 18.2 Å². The maximum atomic E-state index is 10.8. The van der Waals surface area contributed by atoms with Crippen LogP contribution in [0, 0.1) is 6.92 Å². The maximum Gasteiger partial charge on any atom is 0.150 e. The van der Waals surface area contributed by atoms with Crippen LogP contribution in [0.25, 0.3) is 0 Å². The van der Waals surface area contributed by atoms with Crippen molar-refractivity contribution in [3.8, 4) is 0 Å². The molecule has 1 aromatic rings. The van der Waals surface area contributed by atoms with E-state index >= 15 is 0 Å². The Labute approximate surface area is 94.2 Å². The highest BCUT2D eigenvalue weighted by atomic mass is 32.1. The molecule has 2 atom stereocenters. The average molecular weight is 226 g/mol. The number of carbonyl (C=O) groups excluding carboxylic acids is 1. The molecule has 0 aliphatic carbocycles. The average Bonchev–Trinajstić information content (AvgIpc) is 2.26. The molecule has 2 unspecified atom stereocenters. The second-order valence-electron chi connectivity index (χ2n) is 3.44. The summed E-state index contributed by atoms with van der Waals surface area (Å²) in [6.45, 7) is 1.86. The summed E-state index contributed by atoms with van der Waals surface area (Å²) in [7, 11) is 0. The molecular weight excluding hydrogens is 212 g/mol. The molecule has 0 saturated carbocycles. The van der Waals surface area contributed by atoms with Gasteiger partial charge in [0, 0.05) is 11.3 Å². The molecule has 0 saturated heterocycles. The first-order valence-corrected chi connectivity index (χ1v) is 5.26. The molecule has 0 heterocycles. The Bertz CT molecular complexity index is 352. The Morgan fingerprint density at radius 2 is 2.13 bits per heavy atom. The Kier molecular flexibility index (Phi) is 4.32. The van der Waals surface area contributed by atoms with Crippen LogP contribution in [0.2, 0.25) is 0 Å². The van der Waals surface area contributed by atoms with Crippen molar-refractivity contribution in [2.45, 2.75) is 19.1 Å². The summed E-state index contributed by atoms with van der Waals surface area (Å²) in [5.74, 6) is 0.146. The van der Waals surface area contributed by atoms with Gasteiger partial charge in [-0.1, -0.05) is 17.7 Å². The lowest BCUT2D eigenvalue weighted by molar-refractivity contribution is 0.0333. The molecule has 0 amide bonds. The zero-order chi connectivity index (χ0) is 11.4. The van der Waals surface area contributed by atoms with Gasteiger partial charge in [-0.15, -0.1) is 0 Å². The van der Waals surface area contributed by atoms with Crippen LogP contribution in [0.1, 0.15) is 27.6 Å². The van der Waals surface area contributed by atoms with Gasteiger partial charge in [-0.25, -0.2) is 0 Å². The summed E-state index contributed by atoms with van der Waals surface area (Å²) in [6, 6.07) is 5.12. The molecule has 0 aliphatic rings. The maximum absolute atomic E-state index is 10.8. The van der Waals surface area contributed by atoms with E-state index in [2.05, 4.69) is 12.6 Å². The number of benzene rings is 1. The van der Waals surface area contributed by atoms with Crippen molar-refractivity contribution in [1.82, 2.24) is 0 Å². The zero-order valence-electron chi connectivity index (χ0n) is 8.42. The van der Waals surface area contributed by atoms with Gasteiger partial charge < -0.3 is 10.2 Å². The molecule has 0 fully saturated rings. The number of aliphatic hydroxyl groups excluding tert-OH is 2. The molecule has 0 aliphatic heterocycles. The predicted octanol–water partition coefficient (Wildman–Crippen LogP) is 1.13. The van der Waals surface area contributed by atoms with Gasteiger partial charge in [0.2, 0.25) is 0 Å². The highest BCUT2D eigenvalue weighted by Gasteiger charge is 2.19. The lowest BCUT2D eigenvalue weighted by atomic mass is 9.98. The minimum absolute atomic E-state index is 0.146. The summed E-state index contributed by atoms with van der Waals surface area (Å²) in [5, 5.41) is 19.2. The molecule has 0 radical (unpaired) electrons. The van der Waals surface area contributed by atoms with E-state index in [4.69, 9.17) is 0 Å². The molecular formula is C11H14O3S. The number of aldehydes is 1. The minimum Gasteiger partial charge on any atom is -0.389 e. The van der Waals surface area contributed by atoms with Crippen LogP contribution in [-0.4, -0.2) is 28.4 Å². The Morgan fingerprint density at radius 3 is 2.67 bits per heavy atom. The van der Waals surface area contributed by atoms with Gasteiger partial charge in [-0.2, -0.15) is 12.6 Å². The number of hydrogen-bond acceptors (Lipinski definition) is 4. The first-order chi connectivity index (χ1) is 7.10. The first kappa shape index (κ1) is 12.2. The van der Waals surface area contributed by atoms with Crippen LogP contribution >= 0.6 is 12.6 Å². The minimum atomic E-state index is -1.07. The van der Waals surface area contributed by atoms with E-state index < -0.39 is 12.2 Å². The van der Waals surface area contributed by atoms with Crippen LogP contribution in [0.15, 0.2) is 18.2 Å². The lowest BCUT2D eigenvalue weighted by Gasteiger charge is -2.17. The molecule has 2 N–H and O–H groups in total. The van der Waals surface area contributed by atoms with E-state index in [1.165, 1.54) is 0 Å². The van der Waals surface area contributed by atoms with Crippen molar-refractivity contribution in [3.05, 3.63) is 34.9 Å². The standard InChI is InChI=1S/C11H14O3S/c1-7-2-3-9(8(4-7)5-12)11(14)10(13)6-15/h2-5,10-11,13-15H,6H2,1H3. The summed E-state index contributed by atoms with van der Waals surface area (Å²) < 4.78 is 0. The normalized spacial score (nSPS) is 14.7. The fraction of sp³-hybridized carbons (Fsp3) is 0.364. The third-order valence-electron chi connectivity index (χ3n) is 2.24. The van der Waals surface area contributed by atoms with E-state index in [-0.39, 0.29) is 5.75 Å². The molecule has 4 heteroatoms. The lowest BCUT2D eigenvalue weighted by Crippen LogP contribution is -2.21. The highest BCUT2D eigenvalue weighted by molar-refractivity contribution is 7.80. The molecule has 1 rings (SSSR count). The van der Waals surface area contributed by atoms with Crippen LogP contribution in [0.4, 0.5) is 0 Å². The van der Waals surface area contributed by atoms with Gasteiger partial charge in [0.1, 0.15) is 12.4 Å². The third-order valence-corrected chi connectivity index (χ3v) is 2.61. The summed E-state index contributed by atoms with van der Waals surface area (Å²) in [4.78, 5) is 10.8. The van der Waals surface area contributed by atoms with Crippen LogP contribution < -0.4 is 0 Å². The van der Waals surface area contributed by atoms with Crippen LogP contribution in [-0.2, 0) is 0 Å². The molecule has 82 valence electrons. The number of rotatable bonds is 4. The highest BCUT2D eigenvalue weighted by Crippen LogP contribution is 2.21. The zero-order valence-corrected chi connectivity index (χ0v) is 9.32. The number of carbonyl (C=O) groups is 1.